The van der Waals surface area contributed by atoms with Gasteiger partial charge in [0.2, 0.25) is 5.91 Å². The zero-order chi connectivity index (χ0) is 10.6. The molecule has 0 aromatic heterocycles. The summed E-state index contributed by atoms with van der Waals surface area (Å²) in [5.41, 5.74) is 5.61. The fourth-order valence-electron chi connectivity index (χ4n) is 1.97. The van der Waals surface area contributed by atoms with E-state index in [4.69, 9.17) is 5.73 Å². The summed E-state index contributed by atoms with van der Waals surface area (Å²) in [5, 5.41) is 0. The fourth-order valence-corrected chi connectivity index (χ4v) is 1.97. The molecule has 0 aromatic rings. The van der Waals surface area contributed by atoms with Crippen molar-refractivity contribution in [3.8, 4) is 0 Å². The van der Waals surface area contributed by atoms with Gasteiger partial charge in [-0.2, -0.15) is 0 Å². The van der Waals surface area contributed by atoms with E-state index in [2.05, 4.69) is 18.7 Å². The van der Waals surface area contributed by atoms with E-state index >= 15 is 0 Å². The van der Waals surface area contributed by atoms with E-state index in [-0.39, 0.29) is 5.91 Å². The first kappa shape index (κ1) is 11.5. The van der Waals surface area contributed by atoms with Gasteiger partial charge in [-0.25, -0.2) is 0 Å². The maximum Gasteiger partial charge on any atom is 0.218 e. The second kappa shape index (κ2) is 4.78. The molecule has 14 heavy (non-hydrogen) atoms. The Labute approximate surface area is 86.6 Å². The molecule has 0 aliphatic carbocycles. The predicted octanol–water partition coefficient (Wildman–Crippen LogP) is 1.37. The Balaban J connectivity index is 2.31. The Hall–Kier alpha value is -0.570. The number of carbonyl (C=O) groups excluding carboxylic acids is 1. The van der Waals surface area contributed by atoms with Crippen molar-refractivity contribution in [3.05, 3.63) is 0 Å². The Morgan fingerprint density at radius 2 is 2.07 bits per heavy atom. The van der Waals surface area contributed by atoms with E-state index in [0.717, 1.165) is 19.6 Å². The Morgan fingerprint density at radius 3 is 2.71 bits per heavy atom. The molecule has 0 aromatic carbocycles. The maximum absolute atomic E-state index is 10.7. The number of nitrogens with two attached hydrogens (primary N) is 1. The first-order valence-electron chi connectivity index (χ1n) is 5.50. The lowest BCUT2D eigenvalue weighted by Gasteiger charge is -2.22. The molecule has 3 nitrogen and oxygen atoms in total. The molecule has 1 saturated heterocycles. The second-order valence-electron chi connectivity index (χ2n) is 5.08. The molecular formula is C11H22N2O. The Morgan fingerprint density at radius 1 is 1.36 bits per heavy atom. The molecular weight excluding hydrogens is 176 g/mol. The van der Waals surface area contributed by atoms with Crippen molar-refractivity contribution in [1.82, 2.24) is 4.90 Å². The van der Waals surface area contributed by atoms with Gasteiger partial charge < -0.3 is 10.6 Å². The topological polar surface area (TPSA) is 46.3 Å². The van der Waals surface area contributed by atoms with E-state index in [9.17, 15) is 4.79 Å². The molecule has 3 heteroatoms. The smallest absolute Gasteiger partial charge is 0.218 e. The summed E-state index contributed by atoms with van der Waals surface area (Å²) in [6, 6.07) is 0. The first-order chi connectivity index (χ1) is 6.49. The van der Waals surface area contributed by atoms with Crippen LogP contribution in [-0.4, -0.2) is 30.4 Å². The Bertz CT molecular complexity index is 201. The van der Waals surface area contributed by atoms with Gasteiger partial charge in [0.15, 0.2) is 0 Å². The van der Waals surface area contributed by atoms with Gasteiger partial charge in [0.1, 0.15) is 0 Å². The monoisotopic (exact) mass is 198 g/mol. The third-order valence-electron chi connectivity index (χ3n) is 3.11. The molecule has 1 heterocycles. The maximum atomic E-state index is 10.7. The van der Waals surface area contributed by atoms with Gasteiger partial charge in [-0.15, -0.1) is 0 Å². The zero-order valence-corrected chi connectivity index (χ0v) is 9.38. The van der Waals surface area contributed by atoms with Crippen LogP contribution in [0.4, 0.5) is 0 Å². The summed E-state index contributed by atoms with van der Waals surface area (Å²) in [6.07, 6.45) is 4.26. The molecule has 0 atom stereocenters. The molecule has 0 unspecified atom stereocenters. The standard InChI is InChI=1S/C11H22N2O/c1-11(2)5-3-7-13(9-6-11)8-4-10(12)14/h3-9H2,1-2H3,(H2,12,14). The quantitative estimate of drug-likeness (QED) is 0.744. The van der Waals surface area contributed by atoms with E-state index in [1.54, 1.807) is 0 Å². The molecule has 0 radical (unpaired) electrons. The summed E-state index contributed by atoms with van der Waals surface area (Å²) in [5.74, 6) is -0.187. The van der Waals surface area contributed by atoms with Crippen LogP contribution in [0.5, 0.6) is 0 Å². The van der Waals surface area contributed by atoms with E-state index in [0.29, 0.717) is 11.8 Å². The van der Waals surface area contributed by atoms with Gasteiger partial charge in [0.05, 0.1) is 0 Å². The van der Waals surface area contributed by atoms with Crippen molar-refractivity contribution in [1.29, 1.82) is 0 Å². The third kappa shape index (κ3) is 4.09. The molecule has 0 saturated carbocycles. The normalized spacial score (nSPS) is 23.0. The summed E-state index contributed by atoms with van der Waals surface area (Å²) < 4.78 is 0. The molecule has 1 aliphatic rings. The number of nitrogens with zero attached hydrogens (tertiary/aromatic N) is 1. The van der Waals surface area contributed by atoms with Crippen molar-refractivity contribution in [3.63, 3.8) is 0 Å². The summed E-state index contributed by atoms with van der Waals surface area (Å²) in [6.45, 7) is 7.72. The van der Waals surface area contributed by atoms with Crippen LogP contribution < -0.4 is 5.73 Å². The van der Waals surface area contributed by atoms with Crippen LogP contribution in [0, 0.1) is 5.41 Å². The average Bonchev–Trinajstić information content (AvgIpc) is 2.23. The highest BCUT2D eigenvalue weighted by Crippen LogP contribution is 2.29. The lowest BCUT2D eigenvalue weighted by molar-refractivity contribution is -0.118. The van der Waals surface area contributed by atoms with E-state index in [1.807, 2.05) is 0 Å². The molecule has 1 rings (SSSR count). The summed E-state index contributed by atoms with van der Waals surface area (Å²) >= 11 is 0. The highest BCUT2D eigenvalue weighted by atomic mass is 16.1. The molecule has 2 N–H and O–H groups in total. The van der Waals surface area contributed by atoms with Crippen molar-refractivity contribution < 1.29 is 4.79 Å². The SMILES string of the molecule is CC1(C)CCCN(CCC(N)=O)CC1. The molecule has 1 aliphatic heterocycles. The minimum atomic E-state index is -0.187. The van der Waals surface area contributed by atoms with Gasteiger partial charge in [-0.05, 0) is 37.8 Å². The van der Waals surface area contributed by atoms with Gasteiger partial charge in [0, 0.05) is 13.0 Å². The molecule has 0 spiro atoms. The number of hydrogen-bond donors (Lipinski definition) is 1. The predicted molar refractivity (Wildman–Crippen MR) is 57.9 cm³/mol. The average molecular weight is 198 g/mol. The number of amides is 1. The lowest BCUT2D eigenvalue weighted by atomic mass is 9.85. The van der Waals surface area contributed by atoms with Gasteiger partial charge >= 0.3 is 0 Å². The highest BCUT2D eigenvalue weighted by Gasteiger charge is 2.22. The van der Waals surface area contributed by atoms with Crippen LogP contribution in [0.15, 0.2) is 0 Å². The van der Waals surface area contributed by atoms with Crippen molar-refractivity contribution >= 4 is 5.91 Å². The third-order valence-corrected chi connectivity index (χ3v) is 3.11. The minimum absolute atomic E-state index is 0.187. The number of rotatable bonds is 3. The van der Waals surface area contributed by atoms with Crippen molar-refractivity contribution in [2.24, 2.45) is 11.1 Å². The zero-order valence-electron chi connectivity index (χ0n) is 9.38. The second-order valence-corrected chi connectivity index (χ2v) is 5.08. The number of hydrogen-bond acceptors (Lipinski definition) is 2. The number of likely N-dealkylation sites (tertiary alicyclic amines) is 1. The van der Waals surface area contributed by atoms with Gasteiger partial charge in [-0.1, -0.05) is 13.8 Å². The highest BCUT2D eigenvalue weighted by molar-refractivity contribution is 5.73. The lowest BCUT2D eigenvalue weighted by Crippen LogP contribution is -2.29. The van der Waals surface area contributed by atoms with Gasteiger partial charge in [0.25, 0.3) is 0 Å². The first-order valence-corrected chi connectivity index (χ1v) is 5.50. The molecule has 1 fully saturated rings. The van der Waals surface area contributed by atoms with Crippen LogP contribution in [-0.2, 0) is 4.79 Å². The molecule has 1 amide bonds. The number of primary amides is 1. The number of carbonyl (C=O) groups is 1. The van der Waals surface area contributed by atoms with E-state index in [1.165, 1.54) is 19.3 Å². The largest absolute Gasteiger partial charge is 0.370 e. The minimum Gasteiger partial charge on any atom is -0.370 e. The van der Waals surface area contributed by atoms with E-state index < -0.39 is 0 Å². The van der Waals surface area contributed by atoms with Crippen LogP contribution in [0.2, 0.25) is 0 Å². The summed E-state index contributed by atoms with van der Waals surface area (Å²) in [4.78, 5) is 13.0. The summed E-state index contributed by atoms with van der Waals surface area (Å²) in [7, 11) is 0. The van der Waals surface area contributed by atoms with Crippen LogP contribution in [0.1, 0.15) is 39.5 Å². The molecule has 0 bridgehead atoms. The van der Waals surface area contributed by atoms with Crippen LogP contribution in [0.3, 0.4) is 0 Å². The molecule has 82 valence electrons. The Kier molecular flexibility index (Phi) is 3.93. The fraction of sp³-hybridized carbons (Fsp3) is 0.909. The van der Waals surface area contributed by atoms with Crippen molar-refractivity contribution in [2.75, 3.05) is 19.6 Å². The van der Waals surface area contributed by atoms with Crippen LogP contribution in [0.25, 0.3) is 0 Å². The van der Waals surface area contributed by atoms with Gasteiger partial charge in [-0.3, -0.25) is 4.79 Å². The van der Waals surface area contributed by atoms with Crippen LogP contribution >= 0.6 is 0 Å². The van der Waals surface area contributed by atoms with Crippen molar-refractivity contribution in [2.45, 2.75) is 39.5 Å².